The van der Waals surface area contributed by atoms with Gasteiger partial charge in [-0.05, 0) is 47.5 Å². The number of benzene rings is 3. The second kappa shape index (κ2) is 6.88. The first-order chi connectivity index (χ1) is 14.5. The van der Waals surface area contributed by atoms with Gasteiger partial charge in [0.25, 0.3) is 5.56 Å². The molecule has 5 rings (SSSR count). The molecule has 3 aromatic carbocycles. The highest BCUT2D eigenvalue weighted by atomic mass is 19.1. The zero-order valence-corrected chi connectivity index (χ0v) is 16.0. The molecule has 148 valence electrons. The molecule has 7 heteroatoms. The van der Waals surface area contributed by atoms with E-state index in [9.17, 15) is 13.6 Å². The van der Waals surface area contributed by atoms with Crippen LogP contribution in [-0.4, -0.2) is 19.3 Å². The van der Waals surface area contributed by atoms with Crippen LogP contribution in [0.4, 0.5) is 8.78 Å². The van der Waals surface area contributed by atoms with Crippen molar-refractivity contribution in [3.63, 3.8) is 0 Å². The number of rotatable bonds is 3. The quantitative estimate of drug-likeness (QED) is 0.453. The maximum Gasteiger partial charge on any atom is 0.261 e. The second-order valence-corrected chi connectivity index (χ2v) is 7.19. The predicted molar refractivity (Wildman–Crippen MR) is 111 cm³/mol. The molecule has 30 heavy (non-hydrogen) atoms. The van der Waals surface area contributed by atoms with Gasteiger partial charge in [-0.15, -0.1) is 0 Å². The van der Waals surface area contributed by atoms with Gasteiger partial charge in [0.05, 0.1) is 29.3 Å². The van der Waals surface area contributed by atoms with Crippen LogP contribution in [0.3, 0.4) is 0 Å². The highest BCUT2D eigenvalue weighted by molar-refractivity contribution is 5.84. The van der Waals surface area contributed by atoms with Crippen molar-refractivity contribution in [3.8, 4) is 11.1 Å². The van der Waals surface area contributed by atoms with Crippen LogP contribution < -0.4 is 5.56 Å². The van der Waals surface area contributed by atoms with E-state index in [4.69, 9.17) is 0 Å². The maximum absolute atomic E-state index is 14.9. The Morgan fingerprint density at radius 3 is 2.50 bits per heavy atom. The van der Waals surface area contributed by atoms with Crippen molar-refractivity contribution in [2.24, 2.45) is 7.05 Å². The van der Waals surface area contributed by atoms with Crippen LogP contribution in [0.15, 0.2) is 71.9 Å². The van der Waals surface area contributed by atoms with Gasteiger partial charge in [-0.1, -0.05) is 18.2 Å². The van der Waals surface area contributed by atoms with E-state index in [0.29, 0.717) is 22.0 Å². The summed E-state index contributed by atoms with van der Waals surface area (Å²) in [7, 11) is 1.82. The fourth-order valence-electron chi connectivity index (χ4n) is 3.64. The number of nitrogens with zero attached hydrogens (tertiary/aromatic N) is 4. The topological polar surface area (TPSA) is 52.7 Å². The van der Waals surface area contributed by atoms with Crippen LogP contribution in [0.5, 0.6) is 0 Å². The minimum Gasteiger partial charge on any atom is -0.294 e. The van der Waals surface area contributed by atoms with Crippen LogP contribution in [-0.2, 0) is 13.6 Å². The van der Waals surface area contributed by atoms with Crippen molar-refractivity contribution in [2.75, 3.05) is 0 Å². The Bertz CT molecular complexity index is 1460. The summed E-state index contributed by atoms with van der Waals surface area (Å²) in [5.41, 5.74) is 1.93. The number of para-hydroxylation sites is 1. The van der Waals surface area contributed by atoms with Crippen molar-refractivity contribution in [1.29, 1.82) is 0 Å². The number of hydrogen-bond acceptors (Lipinski definition) is 3. The van der Waals surface area contributed by atoms with Gasteiger partial charge < -0.3 is 0 Å². The van der Waals surface area contributed by atoms with Crippen molar-refractivity contribution in [3.05, 3.63) is 94.7 Å². The lowest BCUT2D eigenvalue weighted by Gasteiger charge is -2.11. The predicted octanol–water partition coefficient (Wildman–Crippen LogP) is 4.28. The SMILES string of the molecule is Cn1cc2cc(-c3cc(F)c(Cn4cnc5ccccc5c4=O)c(F)c3)ccc2n1. The number of aromatic nitrogens is 4. The van der Waals surface area contributed by atoms with Crippen LogP contribution >= 0.6 is 0 Å². The summed E-state index contributed by atoms with van der Waals surface area (Å²) in [6.45, 7) is -0.240. The molecule has 0 aliphatic heterocycles. The molecule has 0 atom stereocenters. The molecule has 0 amide bonds. The number of hydrogen-bond donors (Lipinski definition) is 0. The molecule has 0 saturated carbocycles. The van der Waals surface area contributed by atoms with Gasteiger partial charge in [0.2, 0.25) is 0 Å². The average Bonchev–Trinajstić information content (AvgIpc) is 3.11. The molecule has 5 nitrogen and oxygen atoms in total. The van der Waals surface area contributed by atoms with Crippen LogP contribution in [0, 0.1) is 11.6 Å². The summed E-state index contributed by atoms with van der Waals surface area (Å²) in [4.78, 5) is 16.8. The standard InChI is InChI=1S/C23H16F2N4O/c1-28-11-16-8-14(6-7-21(16)27-28)15-9-19(24)18(20(25)10-15)12-29-13-26-22-5-3-2-4-17(22)23(29)30/h2-11,13H,12H2,1H3. The van der Waals surface area contributed by atoms with Crippen molar-refractivity contribution in [1.82, 2.24) is 19.3 Å². The first-order valence-electron chi connectivity index (χ1n) is 9.35. The fraction of sp³-hybridized carbons (Fsp3) is 0.0870. The molecule has 2 aromatic heterocycles. The Balaban J connectivity index is 1.54. The highest BCUT2D eigenvalue weighted by Gasteiger charge is 2.15. The van der Waals surface area contributed by atoms with Crippen molar-refractivity contribution >= 4 is 21.8 Å². The fourth-order valence-corrected chi connectivity index (χ4v) is 3.64. The Hall–Kier alpha value is -3.87. The van der Waals surface area contributed by atoms with Gasteiger partial charge in [-0.25, -0.2) is 13.8 Å². The average molecular weight is 402 g/mol. The lowest BCUT2D eigenvalue weighted by molar-refractivity contribution is 0.541. The van der Waals surface area contributed by atoms with Crippen LogP contribution in [0.1, 0.15) is 5.56 Å². The van der Waals surface area contributed by atoms with E-state index in [2.05, 4.69) is 10.1 Å². The lowest BCUT2D eigenvalue weighted by Crippen LogP contribution is -2.22. The second-order valence-electron chi connectivity index (χ2n) is 7.19. The number of fused-ring (bicyclic) bond motifs is 2. The summed E-state index contributed by atoms with van der Waals surface area (Å²) in [5, 5.41) is 5.59. The van der Waals surface area contributed by atoms with E-state index in [1.54, 1.807) is 35.0 Å². The van der Waals surface area contributed by atoms with Gasteiger partial charge in [-0.2, -0.15) is 5.10 Å². The summed E-state index contributed by atoms with van der Waals surface area (Å²) in [6.07, 6.45) is 3.16. The Kier molecular flexibility index (Phi) is 4.17. The largest absolute Gasteiger partial charge is 0.294 e. The number of halogens is 2. The van der Waals surface area contributed by atoms with Crippen LogP contribution in [0.25, 0.3) is 32.9 Å². The molecule has 2 heterocycles. The monoisotopic (exact) mass is 402 g/mol. The molecule has 0 bridgehead atoms. The molecule has 5 aromatic rings. The Morgan fingerprint density at radius 1 is 0.933 bits per heavy atom. The maximum atomic E-state index is 14.9. The van der Waals surface area contributed by atoms with Gasteiger partial charge in [-0.3, -0.25) is 14.0 Å². The third-order valence-corrected chi connectivity index (χ3v) is 5.15. The minimum absolute atomic E-state index is 0.180. The van der Waals surface area contributed by atoms with Gasteiger partial charge in [0, 0.05) is 24.2 Å². The Morgan fingerprint density at radius 2 is 1.70 bits per heavy atom. The number of aryl methyl sites for hydroxylation is 1. The minimum atomic E-state index is -0.712. The van der Waals surface area contributed by atoms with E-state index in [1.165, 1.54) is 23.0 Å². The van der Waals surface area contributed by atoms with Gasteiger partial charge in [0.15, 0.2) is 0 Å². The zero-order valence-electron chi connectivity index (χ0n) is 16.0. The first-order valence-corrected chi connectivity index (χ1v) is 9.35. The zero-order chi connectivity index (χ0) is 20.8. The highest BCUT2D eigenvalue weighted by Crippen LogP contribution is 2.27. The van der Waals surface area contributed by atoms with Crippen molar-refractivity contribution < 1.29 is 8.78 Å². The Labute approximate surface area is 169 Å². The first kappa shape index (κ1) is 18.2. The molecule has 0 saturated heterocycles. The summed E-state index contributed by atoms with van der Waals surface area (Å²) >= 11 is 0. The molecule has 0 aliphatic rings. The van der Waals surface area contributed by atoms with Crippen LogP contribution in [0.2, 0.25) is 0 Å². The summed E-state index contributed by atoms with van der Waals surface area (Å²) in [6, 6.07) is 14.9. The molecular formula is C23H16F2N4O. The van der Waals surface area contributed by atoms with Gasteiger partial charge in [0.1, 0.15) is 11.6 Å². The molecule has 0 N–H and O–H groups in total. The molecular weight excluding hydrogens is 386 g/mol. The molecule has 0 aliphatic carbocycles. The van der Waals surface area contributed by atoms with E-state index in [1.807, 2.05) is 25.4 Å². The van der Waals surface area contributed by atoms with E-state index in [-0.39, 0.29) is 17.7 Å². The molecule has 0 radical (unpaired) electrons. The summed E-state index contributed by atoms with van der Waals surface area (Å²) in [5.74, 6) is -1.42. The molecule has 0 spiro atoms. The lowest BCUT2D eigenvalue weighted by atomic mass is 10.0. The van der Waals surface area contributed by atoms with E-state index < -0.39 is 11.6 Å². The van der Waals surface area contributed by atoms with Gasteiger partial charge >= 0.3 is 0 Å². The third kappa shape index (κ3) is 3.04. The van der Waals surface area contributed by atoms with E-state index in [0.717, 1.165) is 10.9 Å². The smallest absolute Gasteiger partial charge is 0.261 e. The van der Waals surface area contributed by atoms with E-state index >= 15 is 0 Å². The summed E-state index contributed by atoms with van der Waals surface area (Å²) < 4.78 is 32.6. The normalized spacial score (nSPS) is 11.4. The third-order valence-electron chi connectivity index (χ3n) is 5.15. The molecule has 0 unspecified atom stereocenters. The molecule has 0 fully saturated rings. The van der Waals surface area contributed by atoms with Crippen molar-refractivity contribution in [2.45, 2.75) is 6.54 Å².